The summed E-state index contributed by atoms with van der Waals surface area (Å²) < 4.78 is 0.690. The predicted molar refractivity (Wildman–Crippen MR) is 99.6 cm³/mol. The lowest BCUT2D eigenvalue weighted by Gasteiger charge is -2.17. The molecular weight excluding hydrogens is 402 g/mol. The zero-order chi connectivity index (χ0) is 19.5. The fraction of sp³-hybridized carbons (Fsp3) is 0.444. The molecular formula is C18H22BrN3O4. The van der Waals surface area contributed by atoms with Crippen molar-refractivity contribution >= 4 is 39.6 Å². The first-order valence-corrected chi connectivity index (χ1v) is 9.07. The zero-order valence-corrected chi connectivity index (χ0v) is 16.6. The molecule has 0 fully saturated rings. The molecule has 2 N–H and O–H groups in total. The molecule has 0 aliphatic carbocycles. The molecule has 0 bridgehead atoms. The Morgan fingerprint density at radius 2 is 1.58 bits per heavy atom. The van der Waals surface area contributed by atoms with Gasteiger partial charge in [0.1, 0.15) is 6.54 Å². The number of nitrogens with one attached hydrogen (secondary N) is 2. The first-order valence-electron chi connectivity index (χ1n) is 8.27. The minimum atomic E-state index is -0.486. The van der Waals surface area contributed by atoms with Gasteiger partial charge < -0.3 is 10.6 Å². The molecule has 0 radical (unpaired) electrons. The van der Waals surface area contributed by atoms with E-state index in [0.717, 1.165) is 4.90 Å². The molecule has 0 unspecified atom stereocenters. The second-order valence-electron chi connectivity index (χ2n) is 7.32. The van der Waals surface area contributed by atoms with E-state index in [4.69, 9.17) is 0 Å². The van der Waals surface area contributed by atoms with Gasteiger partial charge in [-0.25, -0.2) is 0 Å². The van der Waals surface area contributed by atoms with E-state index in [2.05, 4.69) is 26.6 Å². The molecule has 2 rings (SSSR count). The van der Waals surface area contributed by atoms with Crippen molar-refractivity contribution in [2.45, 2.75) is 27.2 Å². The Kier molecular flexibility index (Phi) is 6.17. The first kappa shape index (κ1) is 20.1. The predicted octanol–water partition coefficient (Wildman–Crippen LogP) is 1.71. The Morgan fingerprint density at radius 1 is 1.00 bits per heavy atom. The van der Waals surface area contributed by atoms with Gasteiger partial charge in [-0.05, 0) is 23.6 Å². The summed E-state index contributed by atoms with van der Waals surface area (Å²) in [7, 11) is 0. The van der Waals surface area contributed by atoms with E-state index >= 15 is 0 Å². The van der Waals surface area contributed by atoms with E-state index in [9.17, 15) is 19.2 Å². The molecule has 1 aliphatic rings. The van der Waals surface area contributed by atoms with Crippen LogP contribution in [0.2, 0.25) is 0 Å². The van der Waals surface area contributed by atoms with Crippen LogP contribution in [0.3, 0.4) is 0 Å². The Labute approximate surface area is 160 Å². The molecule has 8 heteroatoms. The van der Waals surface area contributed by atoms with Crippen LogP contribution < -0.4 is 10.6 Å². The van der Waals surface area contributed by atoms with Crippen molar-refractivity contribution < 1.29 is 19.2 Å². The van der Waals surface area contributed by atoms with Crippen LogP contribution in [0.25, 0.3) is 0 Å². The largest absolute Gasteiger partial charge is 0.354 e. The minimum absolute atomic E-state index is 0.0855. The number of carbonyl (C=O) groups is 4. The summed E-state index contributed by atoms with van der Waals surface area (Å²) in [6.45, 7) is 6.07. The minimum Gasteiger partial charge on any atom is -0.354 e. The van der Waals surface area contributed by atoms with Gasteiger partial charge in [-0.15, -0.1) is 0 Å². The molecule has 1 aliphatic heterocycles. The van der Waals surface area contributed by atoms with E-state index < -0.39 is 17.7 Å². The Bertz CT molecular complexity index is 755. The Balaban J connectivity index is 1.79. The van der Waals surface area contributed by atoms with Crippen molar-refractivity contribution in [3.05, 3.63) is 33.8 Å². The van der Waals surface area contributed by atoms with Crippen LogP contribution in [0.15, 0.2) is 22.7 Å². The molecule has 1 aromatic rings. The molecule has 4 amide bonds. The maximum absolute atomic E-state index is 12.3. The maximum atomic E-state index is 12.3. The van der Waals surface area contributed by atoms with Gasteiger partial charge in [-0.3, -0.25) is 24.1 Å². The van der Waals surface area contributed by atoms with Crippen LogP contribution in [0.4, 0.5) is 0 Å². The van der Waals surface area contributed by atoms with Gasteiger partial charge in [-0.1, -0.05) is 36.7 Å². The summed E-state index contributed by atoms with van der Waals surface area (Å²) in [6.07, 6.45) is 0.394. The molecule has 0 saturated carbocycles. The van der Waals surface area contributed by atoms with Gasteiger partial charge in [0, 0.05) is 24.0 Å². The van der Waals surface area contributed by atoms with Gasteiger partial charge in [0.05, 0.1) is 11.1 Å². The first-order chi connectivity index (χ1) is 12.1. The number of benzene rings is 1. The highest BCUT2D eigenvalue weighted by Crippen LogP contribution is 2.25. The molecule has 140 valence electrons. The average molecular weight is 424 g/mol. The lowest BCUT2D eigenvalue weighted by molar-refractivity contribution is -0.124. The van der Waals surface area contributed by atoms with Gasteiger partial charge in [-0.2, -0.15) is 0 Å². The molecule has 1 heterocycles. The highest BCUT2D eigenvalue weighted by molar-refractivity contribution is 9.10. The van der Waals surface area contributed by atoms with Crippen molar-refractivity contribution in [2.24, 2.45) is 5.41 Å². The van der Waals surface area contributed by atoms with Crippen LogP contribution in [0.1, 0.15) is 47.9 Å². The molecule has 7 nitrogen and oxygen atoms in total. The summed E-state index contributed by atoms with van der Waals surface area (Å²) >= 11 is 3.26. The fourth-order valence-corrected chi connectivity index (χ4v) is 2.92. The van der Waals surface area contributed by atoms with Gasteiger partial charge in [0.25, 0.3) is 11.8 Å². The smallest absolute Gasteiger partial charge is 0.262 e. The molecule has 0 aromatic heterocycles. The van der Waals surface area contributed by atoms with Crippen molar-refractivity contribution in [2.75, 3.05) is 19.6 Å². The standard InChI is InChI=1S/C18H22BrN3O4/c1-18(2,3)9-14(23)20-6-7-21-15(24)10-22-16(25)12-5-4-11(19)8-13(12)17(22)26/h4-5,8H,6-7,9-10H2,1-3H3,(H,20,23)(H,21,24). The summed E-state index contributed by atoms with van der Waals surface area (Å²) in [5.41, 5.74) is 0.473. The van der Waals surface area contributed by atoms with Crippen LogP contribution in [-0.2, 0) is 9.59 Å². The van der Waals surface area contributed by atoms with Crippen LogP contribution >= 0.6 is 15.9 Å². The number of carbonyl (C=O) groups excluding carboxylic acids is 4. The van der Waals surface area contributed by atoms with Crippen molar-refractivity contribution in [1.82, 2.24) is 15.5 Å². The third kappa shape index (κ3) is 5.14. The lowest BCUT2D eigenvalue weighted by atomic mass is 9.92. The quantitative estimate of drug-likeness (QED) is 0.537. The Morgan fingerprint density at radius 3 is 2.19 bits per heavy atom. The van der Waals surface area contributed by atoms with E-state index in [0.29, 0.717) is 16.5 Å². The van der Waals surface area contributed by atoms with Crippen LogP contribution in [0.5, 0.6) is 0 Å². The number of amides is 4. The summed E-state index contributed by atoms with van der Waals surface area (Å²) in [4.78, 5) is 49.2. The number of imide groups is 1. The average Bonchev–Trinajstić information content (AvgIpc) is 2.74. The fourth-order valence-electron chi connectivity index (χ4n) is 2.55. The number of nitrogens with zero attached hydrogens (tertiary/aromatic N) is 1. The van der Waals surface area contributed by atoms with Crippen LogP contribution in [0, 0.1) is 5.41 Å². The maximum Gasteiger partial charge on any atom is 0.262 e. The van der Waals surface area contributed by atoms with E-state index in [1.807, 2.05) is 20.8 Å². The number of hydrogen-bond donors (Lipinski definition) is 2. The highest BCUT2D eigenvalue weighted by Gasteiger charge is 2.36. The monoisotopic (exact) mass is 423 g/mol. The van der Waals surface area contributed by atoms with Crippen molar-refractivity contribution in [1.29, 1.82) is 0 Å². The SMILES string of the molecule is CC(C)(C)CC(=O)NCCNC(=O)CN1C(=O)c2ccc(Br)cc2C1=O. The molecule has 26 heavy (non-hydrogen) atoms. The second kappa shape index (κ2) is 7.99. The van der Waals surface area contributed by atoms with Gasteiger partial charge >= 0.3 is 0 Å². The Hall–Kier alpha value is -2.22. The zero-order valence-electron chi connectivity index (χ0n) is 15.0. The molecule has 0 saturated heterocycles. The van der Waals surface area contributed by atoms with E-state index in [1.165, 1.54) is 0 Å². The summed E-state index contributed by atoms with van der Waals surface area (Å²) in [6, 6.07) is 4.80. The summed E-state index contributed by atoms with van der Waals surface area (Å²) in [5, 5.41) is 5.32. The van der Waals surface area contributed by atoms with Gasteiger partial charge in [0.15, 0.2) is 0 Å². The second-order valence-corrected chi connectivity index (χ2v) is 8.24. The number of fused-ring (bicyclic) bond motifs is 1. The van der Waals surface area contributed by atoms with E-state index in [1.54, 1.807) is 18.2 Å². The van der Waals surface area contributed by atoms with Crippen molar-refractivity contribution in [3.8, 4) is 0 Å². The third-order valence-electron chi connectivity index (χ3n) is 3.69. The number of hydrogen-bond acceptors (Lipinski definition) is 4. The molecule has 0 spiro atoms. The lowest BCUT2D eigenvalue weighted by Crippen LogP contribution is -2.42. The molecule has 1 aromatic carbocycles. The van der Waals surface area contributed by atoms with E-state index in [-0.39, 0.29) is 36.5 Å². The van der Waals surface area contributed by atoms with Crippen molar-refractivity contribution in [3.63, 3.8) is 0 Å². The number of rotatable bonds is 6. The molecule has 0 atom stereocenters. The highest BCUT2D eigenvalue weighted by atomic mass is 79.9. The topological polar surface area (TPSA) is 95.6 Å². The van der Waals surface area contributed by atoms with Gasteiger partial charge in [0.2, 0.25) is 11.8 Å². The number of halogens is 1. The van der Waals surface area contributed by atoms with Crippen LogP contribution in [-0.4, -0.2) is 48.2 Å². The third-order valence-corrected chi connectivity index (χ3v) is 4.19. The normalized spacial score (nSPS) is 13.6. The summed E-state index contributed by atoms with van der Waals surface area (Å²) in [5.74, 6) is -1.51.